The molecule has 36 heavy (non-hydrogen) atoms. The molecule has 0 spiro atoms. The van der Waals surface area contributed by atoms with Gasteiger partial charge in [0.1, 0.15) is 17.0 Å². The second-order valence-corrected chi connectivity index (χ2v) is 9.53. The average molecular weight is 612 g/mol. The van der Waals surface area contributed by atoms with E-state index in [1.165, 1.54) is 14.2 Å². The van der Waals surface area contributed by atoms with Crippen LogP contribution in [0.15, 0.2) is 57.4 Å². The van der Waals surface area contributed by atoms with Gasteiger partial charge in [0.05, 0.1) is 34.4 Å². The number of halogens is 2. The van der Waals surface area contributed by atoms with Crippen molar-refractivity contribution in [1.29, 1.82) is 0 Å². The summed E-state index contributed by atoms with van der Waals surface area (Å²) in [6, 6.07) is 9.16. The Morgan fingerprint density at radius 1 is 0.972 bits per heavy atom. The quantitative estimate of drug-likeness (QED) is 0.302. The second-order valence-electron chi connectivity index (χ2n) is 7.94. The minimum absolute atomic E-state index is 0.101. The Bertz CT molecular complexity index is 1770. The van der Waals surface area contributed by atoms with Crippen LogP contribution in [0.2, 0.25) is 0 Å². The van der Waals surface area contributed by atoms with Gasteiger partial charge in [-0.15, -0.1) is 0 Å². The molecule has 0 aliphatic carbocycles. The first-order valence-electron chi connectivity index (χ1n) is 10.7. The van der Waals surface area contributed by atoms with Crippen LogP contribution in [0, 0.1) is 0 Å². The molecule has 6 rings (SSSR count). The summed E-state index contributed by atoms with van der Waals surface area (Å²) in [6.07, 6.45) is 4.30. The lowest BCUT2D eigenvalue weighted by atomic mass is 10.2. The Morgan fingerprint density at radius 2 is 1.64 bits per heavy atom. The first-order chi connectivity index (χ1) is 17.4. The fourth-order valence-electron chi connectivity index (χ4n) is 4.49. The van der Waals surface area contributed by atoms with E-state index >= 15 is 0 Å². The highest BCUT2D eigenvalue weighted by Gasteiger charge is 2.34. The lowest BCUT2D eigenvalue weighted by Gasteiger charge is -2.28. The van der Waals surface area contributed by atoms with Gasteiger partial charge in [-0.3, -0.25) is 8.97 Å². The monoisotopic (exact) mass is 610 g/mol. The van der Waals surface area contributed by atoms with Gasteiger partial charge in [0.2, 0.25) is 0 Å². The number of ether oxygens (including phenoxy) is 2. The number of carbonyl (C=O) groups is 2. The molecule has 6 heterocycles. The molecule has 1 aliphatic rings. The number of hydrogen-bond donors (Lipinski definition) is 1. The third kappa shape index (κ3) is 3.17. The lowest BCUT2D eigenvalue weighted by molar-refractivity contribution is -0.136. The van der Waals surface area contributed by atoms with E-state index in [4.69, 9.17) is 14.5 Å². The van der Waals surface area contributed by atoms with Crippen molar-refractivity contribution >= 4 is 77.5 Å². The van der Waals surface area contributed by atoms with E-state index in [0.29, 0.717) is 28.3 Å². The van der Waals surface area contributed by atoms with E-state index < -0.39 is 18.1 Å². The Balaban J connectivity index is 1.75. The molecule has 5 aromatic rings. The molecule has 10 nitrogen and oxygen atoms in total. The summed E-state index contributed by atoms with van der Waals surface area (Å²) in [5.41, 5.74) is 2.95. The zero-order valence-corrected chi connectivity index (χ0v) is 22.0. The highest BCUT2D eigenvalue weighted by molar-refractivity contribution is 9.11. The molecular formula is C24H16Br2N6O4. The molecule has 0 saturated carbocycles. The minimum atomic E-state index is -0.764. The topological polar surface area (TPSA) is 113 Å². The Kier molecular flexibility index (Phi) is 5.30. The zero-order chi connectivity index (χ0) is 25.1. The zero-order valence-electron chi connectivity index (χ0n) is 18.8. The summed E-state index contributed by atoms with van der Waals surface area (Å²) < 4.78 is 15.3. The van der Waals surface area contributed by atoms with Crippen molar-refractivity contribution in [1.82, 2.24) is 29.2 Å². The molecular weight excluding hydrogens is 596 g/mol. The van der Waals surface area contributed by atoms with E-state index in [0.717, 1.165) is 19.7 Å². The van der Waals surface area contributed by atoms with Crippen LogP contribution in [0.1, 0.15) is 28.2 Å². The van der Waals surface area contributed by atoms with Gasteiger partial charge in [0.25, 0.3) is 0 Å². The number of pyridine rings is 2. The van der Waals surface area contributed by atoms with Crippen LogP contribution in [0.4, 0.5) is 0 Å². The van der Waals surface area contributed by atoms with Crippen molar-refractivity contribution < 1.29 is 19.1 Å². The van der Waals surface area contributed by atoms with Gasteiger partial charge in [0.15, 0.2) is 17.7 Å². The summed E-state index contributed by atoms with van der Waals surface area (Å²) >= 11 is 7.34. The van der Waals surface area contributed by atoms with Gasteiger partial charge in [-0.1, -0.05) is 0 Å². The van der Waals surface area contributed by atoms with Crippen LogP contribution in [0.5, 0.6) is 0 Å². The van der Waals surface area contributed by atoms with Crippen LogP contribution < -0.4 is 5.32 Å². The molecule has 0 fully saturated rings. The molecule has 1 aliphatic heterocycles. The second kappa shape index (κ2) is 8.42. The highest BCUT2D eigenvalue weighted by Crippen LogP contribution is 2.39. The number of methoxy groups -OCH3 is 2. The van der Waals surface area contributed by atoms with E-state index in [1.54, 1.807) is 24.5 Å². The maximum Gasteiger partial charge on any atom is 0.356 e. The maximum atomic E-state index is 12.7. The predicted molar refractivity (Wildman–Crippen MR) is 138 cm³/mol. The molecule has 1 unspecified atom stereocenters. The number of esters is 2. The Labute approximate surface area is 220 Å². The Morgan fingerprint density at radius 3 is 2.33 bits per heavy atom. The fraction of sp³-hybridized carbons (Fsp3) is 0.125. The summed E-state index contributed by atoms with van der Waals surface area (Å²) in [4.78, 5) is 39.2. The number of rotatable bonds is 3. The van der Waals surface area contributed by atoms with Gasteiger partial charge in [0, 0.05) is 23.2 Å². The molecule has 12 heteroatoms. The van der Waals surface area contributed by atoms with Gasteiger partial charge in [-0.25, -0.2) is 24.5 Å². The van der Waals surface area contributed by atoms with E-state index in [9.17, 15) is 9.59 Å². The number of hydrogen-bond acceptors (Lipinski definition) is 8. The van der Waals surface area contributed by atoms with Crippen LogP contribution in [-0.4, -0.2) is 50.1 Å². The normalized spacial score (nSPS) is 15.0. The SMILES string of the molecule is COC(=O)C1=Cc2c(Br)c3cccnc3n2C(c2nc(C(=O)OC)cc3c(Br)c4cccnc4n23)N1. The lowest BCUT2D eigenvalue weighted by Crippen LogP contribution is -2.36. The number of nitrogens with one attached hydrogen (secondary N) is 1. The molecule has 1 N–H and O–H groups in total. The van der Waals surface area contributed by atoms with Gasteiger partial charge >= 0.3 is 11.9 Å². The summed E-state index contributed by atoms with van der Waals surface area (Å²) in [6.45, 7) is 0. The van der Waals surface area contributed by atoms with Crippen LogP contribution in [0.25, 0.3) is 33.7 Å². The van der Waals surface area contributed by atoms with Crippen molar-refractivity contribution in [2.24, 2.45) is 0 Å². The van der Waals surface area contributed by atoms with Gasteiger partial charge in [-0.05, 0) is 68.3 Å². The summed E-state index contributed by atoms with van der Waals surface area (Å²) in [7, 11) is 2.62. The molecule has 0 bridgehead atoms. The standard InChI is InChI=1S/C24H16Br2N6O4/c1-35-23(33)13-9-15-17(25)11-5-3-7-27-19(11)31(15)21(29-13)22-30-14(24(34)36-2)10-16-18(26)12-6-4-8-28-20(12)32(16)22/h3-10,21,29H,1-2H3. The highest BCUT2D eigenvalue weighted by atomic mass is 79.9. The first-order valence-corrected chi connectivity index (χ1v) is 12.3. The molecule has 180 valence electrons. The molecule has 1 atom stereocenters. The minimum Gasteiger partial charge on any atom is -0.464 e. The largest absolute Gasteiger partial charge is 0.464 e. The average Bonchev–Trinajstić information content (AvgIpc) is 3.38. The first kappa shape index (κ1) is 22.7. The number of aromatic nitrogens is 5. The van der Waals surface area contributed by atoms with Crippen LogP contribution in [-0.2, 0) is 14.3 Å². The van der Waals surface area contributed by atoms with Crippen molar-refractivity contribution in [2.45, 2.75) is 6.17 Å². The summed E-state index contributed by atoms with van der Waals surface area (Å²) in [5.74, 6) is -0.748. The number of carbonyl (C=O) groups excluding carboxylic acids is 2. The van der Waals surface area contributed by atoms with Crippen LogP contribution in [0.3, 0.4) is 0 Å². The molecule has 0 saturated heterocycles. The fourth-order valence-corrected chi connectivity index (χ4v) is 5.71. The molecule has 5 aromatic heterocycles. The van der Waals surface area contributed by atoms with E-state index in [-0.39, 0.29) is 11.4 Å². The Hall–Kier alpha value is -3.77. The third-order valence-corrected chi connectivity index (χ3v) is 7.72. The molecule has 0 radical (unpaired) electrons. The van der Waals surface area contributed by atoms with Gasteiger partial charge in [-0.2, -0.15) is 0 Å². The maximum absolute atomic E-state index is 12.7. The number of fused-ring (bicyclic) bond motifs is 6. The number of nitrogens with zero attached hydrogens (tertiary/aromatic N) is 5. The summed E-state index contributed by atoms with van der Waals surface area (Å²) in [5, 5.41) is 4.92. The molecule has 0 amide bonds. The smallest absolute Gasteiger partial charge is 0.356 e. The van der Waals surface area contributed by atoms with E-state index in [1.807, 2.05) is 33.2 Å². The van der Waals surface area contributed by atoms with Crippen molar-refractivity contribution in [3.05, 3.63) is 74.6 Å². The van der Waals surface area contributed by atoms with Crippen molar-refractivity contribution in [3.63, 3.8) is 0 Å². The third-order valence-electron chi connectivity index (χ3n) is 6.05. The predicted octanol–water partition coefficient (Wildman–Crippen LogP) is 4.21. The van der Waals surface area contributed by atoms with Crippen molar-refractivity contribution in [3.8, 4) is 0 Å². The van der Waals surface area contributed by atoms with E-state index in [2.05, 4.69) is 47.1 Å². The van der Waals surface area contributed by atoms with Crippen molar-refractivity contribution in [2.75, 3.05) is 14.2 Å². The molecule has 0 aromatic carbocycles. The van der Waals surface area contributed by atoms with Crippen LogP contribution >= 0.6 is 31.9 Å². The van der Waals surface area contributed by atoms with Gasteiger partial charge < -0.3 is 14.8 Å².